The zero-order chi connectivity index (χ0) is 19.5. The van der Waals surface area contributed by atoms with Gasteiger partial charge in [0.25, 0.3) is 0 Å². The van der Waals surface area contributed by atoms with E-state index in [1.165, 1.54) is 7.11 Å². The topological polar surface area (TPSA) is 59.1 Å². The fourth-order valence-electron chi connectivity index (χ4n) is 3.00. The van der Waals surface area contributed by atoms with Gasteiger partial charge in [0.2, 0.25) is 0 Å². The Balaban J connectivity index is 2.04. The SMILES string of the molecule is COC(=O)c1cc(Br)ccc1CN1CCN(C(=O)OC(C)(C)C)C(C)C1. The largest absolute Gasteiger partial charge is 0.465 e. The average Bonchev–Trinajstić information content (AvgIpc) is 2.54. The molecule has 1 unspecified atom stereocenters. The minimum Gasteiger partial charge on any atom is -0.465 e. The van der Waals surface area contributed by atoms with E-state index in [2.05, 4.69) is 20.8 Å². The van der Waals surface area contributed by atoms with Crippen LogP contribution in [-0.2, 0) is 16.0 Å². The van der Waals surface area contributed by atoms with Gasteiger partial charge in [-0.15, -0.1) is 0 Å². The molecule has 2 rings (SSSR count). The van der Waals surface area contributed by atoms with Crippen LogP contribution in [-0.4, -0.2) is 60.2 Å². The van der Waals surface area contributed by atoms with Crippen molar-refractivity contribution in [1.29, 1.82) is 0 Å². The Morgan fingerprint density at radius 1 is 1.27 bits per heavy atom. The standard InChI is InChI=1S/C19H27BrN2O4/c1-13-11-21(8-9-22(13)18(24)26-19(2,3)4)12-14-6-7-15(20)10-16(14)17(23)25-5/h6-7,10,13H,8-9,11-12H2,1-5H3. The van der Waals surface area contributed by atoms with Crippen molar-refractivity contribution >= 4 is 28.0 Å². The molecule has 1 atom stereocenters. The molecule has 1 amide bonds. The van der Waals surface area contributed by atoms with Gasteiger partial charge in [-0.25, -0.2) is 9.59 Å². The number of ether oxygens (including phenoxy) is 2. The lowest BCUT2D eigenvalue weighted by atomic mass is 10.1. The molecule has 1 aliphatic rings. The van der Waals surface area contributed by atoms with Gasteiger partial charge in [0.15, 0.2) is 0 Å². The molecule has 1 aliphatic heterocycles. The third-order valence-corrected chi connectivity index (χ3v) is 4.70. The van der Waals surface area contributed by atoms with E-state index in [1.807, 2.05) is 39.8 Å². The number of benzene rings is 1. The highest BCUT2D eigenvalue weighted by molar-refractivity contribution is 9.10. The first-order valence-corrected chi connectivity index (χ1v) is 9.48. The quantitative estimate of drug-likeness (QED) is 0.689. The predicted octanol–water partition coefficient (Wildman–Crippen LogP) is 3.68. The highest BCUT2D eigenvalue weighted by atomic mass is 79.9. The normalized spacial score (nSPS) is 18.5. The van der Waals surface area contributed by atoms with Crippen LogP contribution in [0.15, 0.2) is 22.7 Å². The van der Waals surface area contributed by atoms with E-state index in [1.54, 1.807) is 11.0 Å². The highest BCUT2D eigenvalue weighted by Crippen LogP contribution is 2.22. The van der Waals surface area contributed by atoms with E-state index in [-0.39, 0.29) is 18.1 Å². The summed E-state index contributed by atoms with van der Waals surface area (Å²) in [5, 5.41) is 0. The van der Waals surface area contributed by atoms with Gasteiger partial charge in [0.05, 0.1) is 12.7 Å². The molecule has 0 bridgehead atoms. The van der Waals surface area contributed by atoms with Gasteiger partial charge in [-0.3, -0.25) is 4.90 Å². The molecule has 26 heavy (non-hydrogen) atoms. The van der Waals surface area contributed by atoms with Crippen LogP contribution in [0.2, 0.25) is 0 Å². The summed E-state index contributed by atoms with van der Waals surface area (Å²) in [4.78, 5) is 28.4. The number of hydrogen-bond donors (Lipinski definition) is 0. The fraction of sp³-hybridized carbons (Fsp3) is 0.579. The number of nitrogens with zero attached hydrogens (tertiary/aromatic N) is 2. The summed E-state index contributed by atoms with van der Waals surface area (Å²) in [6.45, 7) is 10.3. The number of methoxy groups -OCH3 is 1. The Morgan fingerprint density at radius 2 is 1.96 bits per heavy atom. The number of carbonyl (C=O) groups excluding carboxylic acids is 2. The van der Waals surface area contributed by atoms with Crippen molar-refractivity contribution in [2.45, 2.75) is 45.9 Å². The molecular formula is C19H27BrN2O4. The molecule has 0 saturated carbocycles. The van der Waals surface area contributed by atoms with E-state index in [0.29, 0.717) is 18.7 Å². The lowest BCUT2D eigenvalue weighted by Crippen LogP contribution is -2.54. The maximum atomic E-state index is 12.3. The Labute approximate surface area is 163 Å². The minimum absolute atomic E-state index is 0.0376. The maximum absolute atomic E-state index is 12.3. The smallest absolute Gasteiger partial charge is 0.410 e. The maximum Gasteiger partial charge on any atom is 0.410 e. The Kier molecular flexibility index (Phi) is 6.69. The molecule has 1 saturated heterocycles. The molecule has 1 aromatic carbocycles. The molecule has 7 heteroatoms. The minimum atomic E-state index is -0.499. The summed E-state index contributed by atoms with van der Waals surface area (Å²) < 4.78 is 11.2. The molecule has 0 N–H and O–H groups in total. The van der Waals surface area contributed by atoms with Crippen LogP contribution in [0.3, 0.4) is 0 Å². The average molecular weight is 427 g/mol. The number of carbonyl (C=O) groups is 2. The first kappa shape index (κ1) is 20.7. The molecule has 6 nitrogen and oxygen atoms in total. The first-order valence-electron chi connectivity index (χ1n) is 8.69. The number of halogens is 1. The van der Waals surface area contributed by atoms with E-state index in [4.69, 9.17) is 9.47 Å². The van der Waals surface area contributed by atoms with E-state index in [0.717, 1.165) is 23.1 Å². The van der Waals surface area contributed by atoms with E-state index >= 15 is 0 Å². The molecule has 144 valence electrons. The van der Waals surface area contributed by atoms with Gasteiger partial charge >= 0.3 is 12.1 Å². The van der Waals surface area contributed by atoms with Crippen molar-refractivity contribution in [2.24, 2.45) is 0 Å². The zero-order valence-electron chi connectivity index (χ0n) is 16.0. The van der Waals surface area contributed by atoms with Crippen LogP contribution < -0.4 is 0 Å². The molecule has 1 fully saturated rings. The third-order valence-electron chi connectivity index (χ3n) is 4.21. The second kappa shape index (κ2) is 8.39. The molecule has 1 aromatic rings. The molecule has 1 heterocycles. The predicted molar refractivity (Wildman–Crippen MR) is 103 cm³/mol. The lowest BCUT2D eigenvalue weighted by molar-refractivity contribution is 0.000547. The van der Waals surface area contributed by atoms with Gasteiger partial charge in [0, 0.05) is 36.7 Å². The highest BCUT2D eigenvalue weighted by Gasteiger charge is 2.31. The summed E-state index contributed by atoms with van der Waals surface area (Å²) in [7, 11) is 1.38. The number of esters is 1. The third kappa shape index (κ3) is 5.45. The Morgan fingerprint density at radius 3 is 2.54 bits per heavy atom. The van der Waals surface area contributed by atoms with Crippen LogP contribution in [0, 0.1) is 0 Å². The summed E-state index contributed by atoms with van der Waals surface area (Å²) >= 11 is 3.40. The Hall–Kier alpha value is -1.60. The second-order valence-corrected chi connectivity index (χ2v) is 8.47. The van der Waals surface area contributed by atoms with Crippen molar-refractivity contribution in [3.63, 3.8) is 0 Å². The Bertz CT molecular complexity index is 672. The molecule has 0 aromatic heterocycles. The van der Waals surface area contributed by atoms with Crippen molar-refractivity contribution in [3.05, 3.63) is 33.8 Å². The van der Waals surface area contributed by atoms with Crippen molar-refractivity contribution in [2.75, 3.05) is 26.7 Å². The van der Waals surface area contributed by atoms with Gasteiger partial charge in [-0.05, 0) is 45.4 Å². The molecule has 0 radical (unpaired) electrons. The van der Waals surface area contributed by atoms with Crippen LogP contribution >= 0.6 is 15.9 Å². The van der Waals surface area contributed by atoms with Gasteiger partial charge < -0.3 is 14.4 Å². The summed E-state index contributed by atoms with van der Waals surface area (Å²) in [5.74, 6) is -0.346. The summed E-state index contributed by atoms with van der Waals surface area (Å²) in [6, 6.07) is 5.67. The van der Waals surface area contributed by atoms with Crippen molar-refractivity contribution in [1.82, 2.24) is 9.80 Å². The van der Waals surface area contributed by atoms with Crippen LogP contribution in [0.4, 0.5) is 4.79 Å². The summed E-state index contributed by atoms with van der Waals surface area (Å²) in [6.07, 6.45) is -0.274. The number of rotatable bonds is 3. The number of hydrogen-bond acceptors (Lipinski definition) is 5. The van der Waals surface area contributed by atoms with Crippen LogP contribution in [0.1, 0.15) is 43.6 Å². The zero-order valence-corrected chi connectivity index (χ0v) is 17.6. The molecular weight excluding hydrogens is 400 g/mol. The lowest BCUT2D eigenvalue weighted by Gasteiger charge is -2.40. The van der Waals surface area contributed by atoms with Crippen molar-refractivity contribution < 1.29 is 19.1 Å². The second-order valence-electron chi connectivity index (χ2n) is 7.55. The molecule has 0 aliphatic carbocycles. The summed E-state index contributed by atoms with van der Waals surface area (Å²) in [5.41, 5.74) is 0.975. The number of piperazine rings is 1. The van der Waals surface area contributed by atoms with Crippen LogP contribution in [0.25, 0.3) is 0 Å². The molecule has 0 spiro atoms. The van der Waals surface area contributed by atoms with Crippen LogP contribution in [0.5, 0.6) is 0 Å². The van der Waals surface area contributed by atoms with E-state index in [9.17, 15) is 9.59 Å². The fourth-order valence-corrected chi connectivity index (χ4v) is 3.36. The first-order chi connectivity index (χ1) is 12.1. The van der Waals surface area contributed by atoms with Gasteiger partial charge in [-0.1, -0.05) is 22.0 Å². The monoisotopic (exact) mass is 426 g/mol. The number of amides is 1. The van der Waals surface area contributed by atoms with Gasteiger partial charge in [-0.2, -0.15) is 0 Å². The van der Waals surface area contributed by atoms with E-state index < -0.39 is 5.60 Å². The van der Waals surface area contributed by atoms with Crippen molar-refractivity contribution in [3.8, 4) is 0 Å². The van der Waals surface area contributed by atoms with Gasteiger partial charge in [0.1, 0.15) is 5.60 Å².